The molecule has 98 valence electrons. The maximum atomic E-state index is 12.2. The van der Waals surface area contributed by atoms with Gasteiger partial charge in [0.1, 0.15) is 0 Å². The van der Waals surface area contributed by atoms with Gasteiger partial charge in [-0.15, -0.1) is 0 Å². The van der Waals surface area contributed by atoms with Crippen molar-refractivity contribution in [2.75, 3.05) is 11.1 Å². The summed E-state index contributed by atoms with van der Waals surface area (Å²) in [6, 6.07) is 13.2. The minimum absolute atomic E-state index is 0.168. The summed E-state index contributed by atoms with van der Waals surface area (Å²) in [6.07, 6.45) is 0.875. The topological polar surface area (TPSA) is 55.1 Å². The van der Waals surface area contributed by atoms with Gasteiger partial charge in [0.25, 0.3) is 5.91 Å². The van der Waals surface area contributed by atoms with E-state index in [0.29, 0.717) is 11.3 Å². The third-order valence-electron chi connectivity index (χ3n) is 3.10. The zero-order chi connectivity index (χ0) is 13.8. The van der Waals surface area contributed by atoms with Crippen LogP contribution in [0.25, 0.3) is 0 Å². The second-order valence-corrected chi connectivity index (χ2v) is 4.56. The van der Waals surface area contributed by atoms with Crippen LogP contribution < -0.4 is 11.1 Å². The summed E-state index contributed by atoms with van der Waals surface area (Å²) in [6.45, 7) is 4.01. The number of carbonyl (C=O) groups is 1. The van der Waals surface area contributed by atoms with Gasteiger partial charge >= 0.3 is 0 Å². The van der Waals surface area contributed by atoms with E-state index < -0.39 is 0 Å². The van der Waals surface area contributed by atoms with Crippen LogP contribution >= 0.6 is 0 Å². The van der Waals surface area contributed by atoms with Crippen LogP contribution in [0.3, 0.4) is 0 Å². The van der Waals surface area contributed by atoms with Crippen LogP contribution in [0.15, 0.2) is 42.5 Å². The maximum absolute atomic E-state index is 12.2. The number of carbonyl (C=O) groups excluding carboxylic acids is 1. The van der Waals surface area contributed by atoms with E-state index in [1.54, 1.807) is 12.1 Å². The first-order valence-electron chi connectivity index (χ1n) is 6.37. The molecule has 1 amide bonds. The predicted molar refractivity (Wildman–Crippen MR) is 79.4 cm³/mol. The Hall–Kier alpha value is -2.29. The van der Waals surface area contributed by atoms with Gasteiger partial charge in [-0.2, -0.15) is 0 Å². The summed E-state index contributed by atoms with van der Waals surface area (Å²) in [4.78, 5) is 12.2. The van der Waals surface area contributed by atoms with E-state index in [9.17, 15) is 4.79 Å². The zero-order valence-electron chi connectivity index (χ0n) is 11.2. The molecule has 2 aromatic carbocycles. The van der Waals surface area contributed by atoms with Crippen molar-refractivity contribution in [3.63, 3.8) is 0 Å². The minimum Gasteiger partial charge on any atom is -0.398 e. The highest BCUT2D eigenvalue weighted by Crippen LogP contribution is 2.19. The first-order valence-corrected chi connectivity index (χ1v) is 6.37. The molecule has 0 spiro atoms. The monoisotopic (exact) mass is 254 g/mol. The fraction of sp³-hybridized carbons (Fsp3) is 0.188. The van der Waals surface area contributed by atoms with Gasteiger partial charge < -0.3 is 11.1 Å². The minimum atomic E-state index is -0.168. The first kappa shape index (κ1) is 13.1. The molecule has 2 rings (SSSR count). The molecule has 0 heterocycles. The molecule has 0 aliphatic rings. The molecule has 0 atom stereocenters. The van der Waals surface area contributed by atoms with E-state index in [1.165, 1.54) is 0 Å². The largest absolute Gasteiger partial charge is 0.398 e. The predicted octanol–water partition coefficient (Wildman–Crippen LogP) is 3.39. The molecular weight excluding hydrogens is 236 g/mol. The van der Waals surface area contributed by atoms with Crippen LogP contribution in [0.2, 0.25) is 0 Å². The number of para-hydroxylation sites is 1. The lowest BCUT2D eigenvalue weighted by atomic mass is 10.1. The van der Waals surface area contributed by atoms with E-state index in [0.717, 1.165) is 23.2 Å². The highest BCUT2D eigenvalue weighted by molar-refractivity contribution is 6.08. The smallest absolute Gasteiger partial charge is 0.257 e. The Morgan fingerprint density at radius 1 is 1.21 bits per heavy atom. The summed E-state index contributed by atoms with van der Waals surface area (Å²) >= 11 is 0. The molecule has 0 aliphatic carbocycles. The van der Waals surface area contributed by atoms with Gasteiger partial charge in [-0.25, -0.2) is 0 Å². The van der Waals surface area contributed by atoms with E-state index in [4.69, 9.17) is 5.73 Å². The Kier molecular flexibility index (Phi) is 3.85. The van der Waals surface area contributed by atoms with Gasteiger partial charge in [-0.05, 0) is 42.7 Å². The number of nitrogens with one attached hydrogen (secondary N) is 1. The van der Waals surface area contributed by atoms with Crippen LogP contribution in [0, 0.1) is 6.92 Å². The molecule has 0 bridgehead atoms. The molecule has 0 unspecified atom stereocenters. The second-order valence-electron chi connectivity index (χ2n) is 4.56. The molecule has 19 heavy (non-hydrogen) atoms. The average molecular weight is 254 g/mol. The lowest BCUT2D eigenvalue weighted by Crippen LogP contribution is -2.15. The fourth-order valence-electron chi connectivity index (χ4n) is 2.03. The maximum Gasteiger partial charge on any atom is 0.257 e. The molecule has 0 saturated heterocycles. The molecule has 2 aromatic rings. The van der Waals surface area contributed by atoms with Gasteiger partial charge in [0, 0.05) is 11.4 Å². The summed E-state index contributed by atoms with van der Waals surface area (Å²) < 4.78 is 0. The van der Waals surface area contributed by atoms with Crippen LogP contribution in [0.4, 0.5) is 11.4 Å². The number of rotatable bonds is 3. The second kappa shape index (κ2) is 5.57. The Morgan fingerprint density at radius 3 is 2.63 bits per heavy atom. The molecule has 0 saturated carbocycles. The summed E-state index contributed by atoms with van der Waals surface area (Å²) in [7, 11) is 0. The van der Waals surface area contributed by atoms with E-state index >= 15 is 0 Å². The van der Waals surface area contributed by atoms with Crippen molar-refractivity contribution in [2.24, 2.45) is 0 Å². The third-order valence-corrected chi connectivity index (χ3v) is 3.10. The van der Waals surface area contributed by atoms with Crippen molar-refractivity contribution in [1.82, 2.24) is 0 Å². The van der Waals surface area contributed by atoms with Crippen molar-refractivity contribution >= 4 is 17.3 Å². The van der Waals surface area contributed by atoms with E-state index in [-0.39, 0.29) is 5.91 Å². The first-order chi connectivity index (χ1) is 9.11. The number of amides is 1. The van der Waals surface area contributed by atoms with Crippen molar-refractivity contribution in [3.8, 4) is 0 Å². The number of aryl methyl sites for hydroxylation is 2. The van der Waals surface area contributed by atoms with Gasteiger partial charge in [-0.3, -0.25) is 4.79 Å². The van der Waals surface area contributed by atoms with E-state index in [1.807, 2.05) is 37.3 Å². The average Bonchev–Trinajstić information content (AvgIpc) is 2.39. The lowest BCUT2D eigenvalue weighted by Gasteiger charge is -2.11. The van der Waals surface area contributed by atoms with E-state index in [2.05, 4.69) is 12.2 Å². The summed E-state index contributed by atoms with van der Waals surface area (Å²) in [5, 5.41) is 2.92. The number of anilines is 2. The van der Waals surface area contributed by atoms with Crippen molar-refractivity contribution in [1.29, 1.82) is 0 Å². The SMILES string of the molecule is CCc1ccccc1NC(=O)c1ccc(C)cc1N. The van der Waals surface area contributed by atoms with Crippen LogP contribution in [-0.2, 0) is 6.42 Å². The third kappa shape index (κ3) is 2.94. The molecule has 0 fully saturated rings. The molecule has 3 nitrogen and oxygen atoms in total. The Morgan fingerprint density at radius 2 is 1.95 bits per heavy atom. The molecule has 0 aromatic heterocycles. The highest BCUT2D eigenvalue weighted by atomic mass is 16.1. The van der Waals surface area contributed by atoms with Crippen molar-refractivity contribution in [2.45, 2.75) is 20.3 Å². The molecular formula is C16H18N2O. The van der Waals surface area contributed by atoms with Crippen molar-refractivity contribution in [3.05, 3.63) is 59.2 Å². The van der Waals surface area contributed by atoms with Crippen LogP contribution in [-0.4, -0.2) is 5.91 Å². The summed E-state index contributed by atoms with van der Waals surface area (Å²) in [5.41, 5.74) is 9.90. The standard InChI is InChI=1S/C16H18N2O/c1-3-12-6-4-5-7-15(12)18-16(19)13-9-8-11(2)10-14(13)17/h4-10H,3,17H2,1-2H3,(H,18,19). The number of benzene rings is 2. The molecule has 3 heteroatoms. The van der Waals surface area contributed by atoms with Crippen LogP contribution in [0.5, 0.6) is 0 Å². The quantitative estimate of drug-likeness (QED) is 0.825. The van der Waals surface area contributed by atoms with Crippen molar-refractivity contribution < 1.29 is 4.79 Å². The fourth-order valence-corrected chi connectivity index (χ4v) is 2.03. The number of nitrogen functional groups attached to an aromatic ring is 1. The highest BCUT2D eigenvalue weighted by Gasteiger charge is 2.11. The Labute approximate surface area is 113 Å². The normalized spacial score (nSPS) is 10.2. The Bertz CT molecular complexity index is 605. The van der Waals surface area contributed by atoms with Gasteiger partial charge in [0.05, 0.1) is 5.56 Å². The Balaban J connectivity index is 2.26. The van der Waals surface area contributed by atoms with Gasteiger partial charge in [0.2, 0.25) is 0 Å². The molecule has 3 N–H and O–H groups in total. The van der Waals surface area contributed by atoms with Gasteiger partial charge in [-0.1, -0.05) is 31.2 Å². The lowest BCUT2D eigenvalue weighted by molar-refractivity contribution is 0.102. The van der Waals surface area contributed by atoms with Crippen LogP contribution in [0.1, 0.15) is 28.4 Å². The zero-order valence-corrected chi connectivity index (χ0v) is 11.2. The number of nitrogens with two attached hydrogens (primary N) is 1. The van der Waals surface area contributed by atoms with Gasteiger partial charge in [0.15, 0.2) is 0 Å². The number of hydrogen-bond donors (Lipinski definition) is 2. The molecule has 0 aliphatic heterocycles. The number of hydrogen-bond acceptors (Lipinski definition) is 2. The summed E-state index contributed by atoms with van der Waals surface area (Å²) in [5.74, 6) is -0.168. The molecule has 0 radical (unpaired) electrons.